The van der Waals surface area contributed by atoms with Crippen LogP contribution in [-0.2, 0) is 4.79 Å². The number of nitrogens with one attached hydrogen (secondary N) is 2. The fourth-order valence-electron chi connectivity index (χ4n) is 2.10. The molecular formula is C17H16FN5OS. The zero-order chi connectivity index (χ0) is 17.8. The molecule has 0 saturated carbocycles. The summed E-state index contributed by atoms with van der Waals surface area (Å²) in [5.41, 5.74) is 2.17. The summed E-state index contributed by atoms with van der Waals surface area (Å²) < 4.78 is 13.0. The minimum absolute atomic E-state index is 0.0818. The van der Waals surface area contributed by atoms with Crippen LogP contribution in [0, 0.1) is 12.7 Å². The Morgan fingerprint density at radius 3 is 2.68 bits per heavy atom. The largest absolute Gasteiger partial charge is 0.324 e. The molecule has 2 heterocycles. The number of aryl methyl sites for hydroxylation is 1. The Bertz CT molecular complexity index is 894. The average Bonchev–Trinajstić information content (AvgIpc) is 2.97. The molecule has 6 nitrogen and oxygen atoms in total. The SMILES string of the molecule is CCC(=O)Nc1nc(C)c(-c2ccnc(Nc3ccc(F)cc3)n2)s1. The van der Waals surface area contributed by atoms with Crippen molar-refractivity contribution in [2.24, 2.45) is 0 Å². The van der Waals surface area contributed by atoms with Crippen LogP contribution in [0.15, 0.2) is 36.5 Å². The van der Waals surface area contributed by atoms with Crippen molar-refractivity contribution in [2.45, 2.75) is 20.3 Å². The number of carbonyl (C=O) groups is 1. The monoisotopic (exact) mass is 357 g/mol. The lowest BCUT2D eigenvalue weighted by Crippen LogP contribution is -2.08. The quantitative estimate of drug-likeness (QED) is 0.717. The van der Waals surface area contributed by atoms with Gasteiger partial charge in [0.1, 0.15) is 5.82 Å². The van der Waals surface area contributed by atoms with Gasteiger partial charge in [-0.25, -0.2) is 19.3 Å². The highest BCUT2D eigenvalue weighted by atomic mass is 32.1. The second kappa shape index (κ2) is 7.35. The molecule has 25 heavy (non-hydrogen) atoms. The second-order valence-corrected chi connectivity index (χ2v) is 6.23. The Hall–Kier alpha value is -2.87. The Kier molecular flexibility index (Phi) is 4.99. The van der Waals surface area contributed by atoms with Crippen LogP contribution in [-0.4, -0.2) is 20.9 Å². The summed E-state index contributed by atoms with van der Waals surface area (Å²) in [6, 6.07) is 7.73. The first-order chi connectivity index (χ1) is 12.0. The molecule has 3 rings (SSSR count). The van der Waals surface area contributed by atoms with Crippen LogP contribution in [0.4, 0.5) is 21.2 Å². The summed E-state index contributed by atoms with van der Waals surface area (Å²) in [5, 5.41) is 6.34. The van der Waals surface area contributed by atoms with Crippen LogP contribution in [0.3, 0.4) is 0 Å². The van der Waals surface area contributed by atoms with Crippen LogP contribution in [0.5, 0.6) is 0 Å². The lowest BCUT2D eigenvalue weighted by atomic mass is 10.3. The van der Waals surface area contributed by atoms with Gasteiger partial charge >= 0.3 is 0 Å². The summed E-state index contributed by atoms with van der Waals surface area (Å²) in [6.07, 6.45) is 2.03. The van der Waals surface area contributed by atoms with Gasteiger partial charge in [0, 0.05) is 18.3 Å². The molecule has 3 aromatic rings. The van der Waals surface area contributed by atoms with Crippen LogP contribution in [0.1, 0.15) is 19.0 Å². The van der Waals surface area contributed by atoms with E-state index in [9.17, 15) is 9.18 Å². The smallest absolute Gasteiger partial charge is 0.227 e. The highest BCUT2D eigenvalue weighted by Crippen LogP contribution is 2.32. The van der Waals surface area contributed by atoms with Crippen LogP contribution in [0.2, 0.25) is 0 Å². The molecule has 128 valence electrons. The first-order valence-electron chi connectivity index (χ1n) is 7.68. The number of aromatic nitrogens is 3. The van der Waals surface area contributed by atoms with Crippen molar-refractivity contribution < 1.29 is 9.18 Å². The normalized spacial score (nSPS) is 10.5. The zero-order valence-corrected chi connectivity index (χ0v) is 14.5. The summed E-state index contributed by atoms with van der Waals surface area (Å²) in [6.45, 7) is 3.65. The highest BCUT2D eigenvalue weighted by Gasteiger charge is 2.13. The van der Waals surface area contributed by atoms with E-state index >= 15 is 0 Å². The second-order valence-electron chi connectivity index (χ2n) is 5.23. The molecule has 0 unspecified atom stereocenters. The number of rotatable bonds is 5. The molecule has 0 radical (unpaired) electrons. The lowest BCUT2D eigenvalue weighted by Gasteiger charge is -2.06. The van der Waals surface area contributed by atoms with E-state index < -0.39 is 0 Å². The third-order valence-electron chi connectivity index (χ3n) is 3.35. The van der Waals surface area contributed by atoms with Crippen molar-refractivity contribution in [3.05, 3.63) is 48.0 Å². The third kappa shape index (κ3) is 4.16. The molecule has 0 aliphatic rings. The molecule has 2 aromatic heterocycles. The topological polar surface area (TPSA) is 79.8 Å². The fourth-order valence-corrected chi connectivity index (χ4v) is 3.06. The first kappa shape index (κ1) is 17.0. The standard InChI is InChI=1S/C17H16FN5OS/c1-3-14(24)23-17-20-10(2)15(25-17)13-8-9-19-16(22-13)21-12-6-4-11(18)5-7-12/h4-9H,3H2,1-2H3,(H,19,21,22)(H,20,23,24). The van der Waals surface area contributed by atoms with Gasteiger partial charge < -0.3 is 10.6 Å². The van der Waals surface area contributed by atoms with Crippen molar-refractivity contribution in [1.29, 1.82) is 0 Å². The van der Waals surface area contributed by atoms with Crippen molar-refractivity contribution in [2.75, 3.05) is 10.6 Å². The van der Waals surface area contributed by atoms with Crippen molar-refractivity contribution >= 4 is 34.0 Å². The van der Waals surface area contributed by atoms with Crippen molar-refractivity contribution in [3.8, 4) is 10.6 Å². The van der Waals surface area contributed by atoms with Gasteiger partial charge in [0.15, 0.2) is 5.13 Å². The predicted molar refractivity (Wildman–Crippen MR) is 96.5 cm³/mol. The molecule has 1 amide bonds. The fraction of sp³-hybridized carbons (Fsp3) is 0.176. The van der Waals surface area contributed by atoms with Crippen LogP contribution in [0.25, 0.3) is 10.6 Å². The van der Waals surface area contributed by atoms with Gasteiger partial charge in [0.25, 0.3) is 0 Å². The Morgan fingerprint density at radius 2 is 1.96 bits per heavy atom. The maximum atomic E-state index is 13.0. The van der Waals surface area contributed by atoms with Gasteiger partial charge in [0.2, 0.25) is 11.9 Å². The van der Waals surface area contributed by atoms with Gasteiger partial charge in [-0.2, -0.15) is 0 Å². The molecule has 0 bridgehead atoms. The Balaban J connectivity index is 1.83. The van der Waals surface area contributed by atoms with Crippen LogP contribution < -0.4 is 10.6 Å². The Labute approximate surface area is 148 Å². The van der Waals surface area contributed by atoms with E-state index in [-0.39, 0.29) is 11.7 Å². The van der Waals surface area contributed by atoms with Gasteiger partial charge in [-0.05, 0) is 37.3 Å². The molecule has 0 aliphatic heterocycles. The molecule has 8 heteroatoms. The van der Waals surface area contributed by atoms with Crippen LogP contribution >= 0.6 is 11.3 Å². The predicted octanol–water partition coefficient (Wildman–Crippen LogP) is 4.14. The maximum Gasteiger partial charge on any atom is 0.227 e. The summed E-state index contributed by atoms with van der Waals surface area (Å²) >= 11 is 1.36. The number of carbonyl (C=O) groups excluding carboxylic acids is 1. The van der Waals surface area contributed by atoms with E-state index in [0.29, 0.717) is 28.9 Å². The molecule has 0 saturated heterocycles. The van der Waals surface area contributed by atoms with E-state index in [1.807, 2.05) is 6.92 Å². The summed E-state index contributed by atoms with van der Waals surface area (Å²) in [7, 11) is 0. The van der Waals surface area contributed by atoms with E-state index in [2.05, 4.69) is 25.6 Å². The number of benzene rings is 1. The van der Waals surface area contributed by atoms with Gasteiger partial charge in [0.05, 0.1) is 16.3 Å². The number of hydrogen-bond acceptors (Lipinski definition) is 6. The number of anilines is 3. The van der Waals surface area contributed by atoms with E-state index in [1.54, 1.807) is 31.3 Å². The number of hydrogen-bond donors (Lipinski definition) is 2. The minimum Gasteiger partial charge on any atom is -0.324 e. The molecular weight excluding hydrogens is 341 g/mol. The molecule has 0 aliphatic carbocycles. The number of halogens is 1. The van der Waals surface area contributed by atoms with E-state index in [0.717, 1.165) is 10.6 Å². The average molecular weight is 357 g/mol. The summed E-state index contributed by atoms with van der Waals surface area (Å²) in [5.74, 6) is 0.0138. The van der Waals surface area contributed by atoms with Crippen molar-refractivity contribution in [3.63, 3.8) is 0 Å². The van der Waals surface area contributed by atoms with Gasteiger partial charge in [-0.15, -0.1) is 0 Å². The molecule has 0 spiro atoms. The van der Waals surface area contributed by atoms with Gasteiger partial charge in [-0.1, -0.05) is 18.3 Å². The maximum absolute atomic E-state index is 13.0. The molecule has 0 fully saturated rings. The first-order valence-corrected chi connectivity index (χ1v) is 8.50. The minimum atomic E-state index is -0.304. The number of thiazole rings is 1. The van der Waals surface area contributed by atoms with E-state index in [1.165, 1.54) is 23.5 Å². The molecule has 0 atom stereocenters. The molecule has 2 N–H and O–H groups in total. The van der Waals surface area contributed by atoms with E-state index in [4.69, 9.17) is 0 Å². The van der Waals surface area contributed by atoms with Crippen molar-refractivity contribution in [1.82, 2.24) is 15.0 Å². The van der Waals surface area contributed by atoms with Gasteiger partial charge in [-0.3, -0.25) is 4.79 Å². The highest BCUT2D eigenvalue weighted by molar-refractivity contribution is 7.19. The number of nitrogens with zero attached hydrogens (tertiary/aromatic N) is 3. The summed E-state index contributed by atoms with van der Waals surface area (Å²) in [4.78, 5) is 25.4. The zero-order valence-electron chi connectivity index (χ0n) is 13.7. The number of amides is 1. The Morgan fingerprint density at radius 1 is 1.20 bits per heavy atom. The lowest BCUT2D eigenvalue weighted by molar-refractivity contribution is -0.115. The third-order valence-corrected chi connectivity index (χ3v) is 4.45. The molecule has 1 aromatic carbocycles.